The number of hydrogen-bond donors (Lipinski definition) is 1. The maximum atomic E-state index is 10.1. The van der Waals surface area contributed by atoms with Crippen LogP contribution in [0.2, 0.25) is 5.02 Å². The Bertz CT molecular complexity index is 705. The van der Waals surface area contributed by atoms with Gasteiger partial charge >= 0.3 is 6.47 Å². The molecule has 5 nitrogen and oxygen atoms in total. The third-order valence-corrected chi connectivity index (χ3v) is 3.81. The van der Waals surface area contributed by atoms with Gasteiger partial charge in [-0.2, -0.15) is 5.48 Å². The van der Waals surface area contributed by atoms with Gasteiger partial charge in [0.05, 0.1) is 13.2 Å². The minimum Gasteiger partial charge on any atom is -0.457 e. The average Bonchev–Trinajstić information content (AvgIpc) is 3.01. The van der Waals surface area contributed by atoms with Crippen molar-refractivity contribution in [3.63, 3.8) is 0 Å². The Kier molecular flexibility index (Phi) is 5.12. The van der Waals surface area contributed by atoms with E-state index in [0.29, 0.717) is 43.4 Å². The van der Waals surface area contributed by atoms with Gasteiger partial charge in [0.2, 0.25) is 0 Å². The number of hydrogen-bond acceptors (Lipinski definition) is 5. The fourth-order valence-electron chi connectivity index (χ4n) is 2.45. The van der Waals surface area contributed by atoms with Crippen molar-refractivity contribution >= 4 is 18.1 Å². The molecule has 0 spiro atoms. The quantitative estimate of drug-likeness (QED) is 0.478. The summed E-state index contributed by atoms with van der Waals surface area (Å²) in [4.78, 5) is 14.6. The molecule has 0 fully saturated rings. The zero-order valence-electron chi connectivity index (χ0n) is 12.4. The number of carbonyl (C=O) groups is 1. The van der Waals surface area contributed by atoms with Gasteiger partial charge in [-0.25, -0.2) is 0 Å². The van der Waals surface area contributed by atoms with Crippen LogP contribution in [0, 0.1) is 0 Å². The van der Waals surface area contributed by atoms with Gasteiger partial charge in [-0.15, -0.1) is 0 Å². The predicted molar refractivity (Wildman–Crippen MR) is 85.3 cm³/mol. The van der Waals surface area contributed by atoms with Crippen molar-refractivity contribution in [3.8, 4) is 11.5 Å². The molecule has 1 aliphatic rings. The minimum absolute atomic E-state index is 0.353. The number of halogens is 1. The molecule has 0 unspecified atom stereocenters. The summed E-state index contributed by atoms with van der Waals surface area (Å²) in [6, 6.07) is 11.4. The van der Waals surface area contributed by atoms with Crippen LogP contribution in [0.5, 0.6) is 11.5 Å². The summed E-state index contributed by atoms with van der Waals surface area (Å²) < 4.78 is 11.4. The second kappa shape index (κ2) is 7.46. The fourth-order valence-corrected chi connectivity index (χ4v) is 2.61. The van der Waals surface area contributed by atoms with Gasteiger partial charge in [-0.1, -0.05) is 23.7 Å². The number of ether oxygens (including phenoxy) is 2. The van der Waals surface area contributed by atoms with Gasteiger partial charge < -0.3 is 14.3 Å². The van der Waals surface area contributed by atoms with Crippen LogP contribution in [0.1, 0.15) is 16.7 Å². The van der Waals surface area contributed by atoms with Gasteiger partial charge in [-0.3, -0.25) is 4.79 Å². The molecule has 0 saturated heterocycles. The summed E-state index contributed by atoms with van der Waals surface area (Å²) in [5, 5.41) is 0.602. The van der Waals surface area contributed by atoms with Crippen LogP contribution in [0.4, 0.5) is 0 Å². The molecule has 0 radical (unpaired) electrons. The zero-order valence-corrected chi connectivity index (χ0v) is 13.1. The summed E-state index contributed by atoms with van der Waals surface area (Å²) in [6.45, 7) is 2.10. The van der Waals surface area contributed by atoms with Gasteiger partial charge in [0, 0.05) is 11.6 Å². The van der Waals surface area contributed by atoms with Gasteiger partial charge in [0.25, 0.3) is 0 Å². The second-order valence-electron chi connectivity index (χ2n) is 5.14. The SMILES string of the molecule is O=CONCCc1ccc(Cl)cc1Oc1ccc2c(c1)COC2. The largest absolute Gasteiger partial charge is 0.457 e. The third-order valence-electron chi connectivity index (χ3n) is 3.58. The van der Waals surface area contributed by atoms with E-state index in [2.05, 4.69) is 10.3 Å². The van der Waals surface area contributed by atoms with E-state index in [1.54, 1.807) is 12.1 Å². The monoisotopic (exact) mass is 333 g/mol. The molecule has 0 amide bonds. The van der Waals surface area contributed by atoms with E-state index in [-0.39, 0.29) is 0 Å². The molecule has 1 heterocycles. The van der Waals surface area contributed by atoms with Crippen LogP contribution in [-0.4, -0.2) is 13.0 Å². The van der Waals surface area contributed by atoms with E-state index in [1.165, 1.54) is 5.56 Å². The van der Waals surface area contributed by atoms with Crippen LogP contribution in [0.15, 0.2) is 36.4 Å². The molecule has 23 heavy (non-hydrogen) atoms. The van der Waals surface area contributed by atoms with Crippen molar-refractivity contribution in [1.82, 2.24) is 5.48 Å². The van der Waals surface area contributed by atoms with Crippen molar-refractivity contribution in [1.29, 1.82) is 0 Å². The van der Waals surface area contributed by atoms with Crippen LogP contribution in [-0.2, 0) is 34.0 Å². The highest BCUT2D eigenvalue weighted by Gasteiger charge is 2.13. The molecular formula is C17H16ClNO4. The number of fused-ring (bicyclic) bond motifs is 1. The smallest absolute Gasteiger partial charge is 0.312 e. The summed E-state index contributed by atoms with van der Waals surface area (Å²) in [5.41, 5.74) is 5.85. The molecule has 1 aliphatic heterocycles. The lowest BCUT2D eigenvalue weighted by molar-refractivity contribution is -0.135. The Morgan fingerprint density at radius 1 is 1.17 bits per heavy atom. The standard InChI is InChI=1S/C17H16ClNO4/c18-15-3-1-12(5-6-19-22-11-20)17(8-15)23-16-4-2-13-9-21-10-14(13)7-16/h1-4,7-8,11,19H,5-6,9-10H2. The Labute approximate surface area is 139 Å². The first-order valence-electron chi connectivity index (χ1n) is 7.24. The topological polar surface area (TPSA) is 56.8 Å². The summed E-state index contributed by atoms with van der Waals surface area (Å²) >= 11 is 6.07. The Balaban J connectivity index is 1.75. The predicted octanol–water partition coefficient (Wildman–Crippen LogP) is 3.38. The van der Waals surface area contributed by atoms with Crippen molar-refractivity contribution in [3.05, 3.63) is 58.1 Å². The molecule has 0 bridgehead atoms. The number of hydroxylamine groups is 1. The van der Waals surface area contributed by atoms with Crippen LogP contribution in [0.25, 0.3) is 0 Å². The summed E-state index contributed by atoms with van der Waals surface area (Å²) in [7, 11) is 0. The molecule has 1 N–H and O–H groups in total. The normalized spacial score (nSPS) is 12.7. The van der Waals surface area contributed by atoms with Crippen LogP contribution >= 0.6 is 11.6 Å². The molecule has 0 atom stereocenters. The summed E-state index contributed by atoms with van der Waals surface area (Å²) in [6.07, 6.45) is 0.633. The zero-order chi connectivity index (χ0) is 16.1. The Hall–Kier alpha value is -2.08. The number of benzene rings is 2. The fraction of sp³-hybridized carbons (Fsp3) is 0.235. The highest BCUT2D eigenvalue weighted by atomic mass is 35.5. The van der Waals surface area contributed by atoms with E-state index in [0.717, 1.165) is 16.9 Å². The van der Waals surface area contributed by atoms with Crippen molar-refractivity contribution in [2.45, 2.75) is 19.6 Å². The lowest BCUT2D eigenvalue weighted by Gasteiger charge is -2.12. The van der Waals surface area contributed by atoms with Gasteiger partial charge in [-0.05, 0) is 47.4 Å². The van der Waals surface area contributed by atoms with Crippen LogP contribution < -0.4 is 10.2 Å². The lowest BCUT2D eigenvalue weighted by Crippen LogP contribution is -2.17. The number of rotatable bonds is 7. The first kappa shape index (κ1) is 15.8. The molecule has 0 aromatic heterocycles. The van der Waals surface area contributed by atoms with E-state index in [1.807, 2.05) is 24.3 Å². The number of nitrogens with one attached hydrogen (secondary N) is 1. The Morgan fingerprint density at radius 3 is 2.91 bits per heavy atom. The van der Waals surface area contributed by atoms with Crippen molar-refractivity contribution < 1.29 is 19.1 Å². The van der Waals surface area contributed by atoms with E-state index >= 15 is 0 Å². The van der Waals surface area contributed by atoms with Crippen molar-refractivity contribution in [2.75, 3.05) is 6.54 Å². The minimum atomic E-state index is 0.353. The molecular weight excluding hydrogens is 318 g/mol. The lowest BCUT2D eigenvalue weighted by atomic mass is 10.1. The first-order valence-corrected chi connectivity index (χ1v) is 7.62. The van der Waals surface area contributed by atoms with E-state index < -0.39 is 0 Å². The maximum absolute atomic E-state index is 10.1. The van der Waals surface area contributed by atoms with Gasteiger partial charge in [0.1, 0.15) is 11.5 Å². The Morgan fingerprint density at radius 2 is 2.04 bits per heavy atom. The highest BCUT2D eigenvalue weighted by molar-refractivity contribution is 6.30. The second-order valence-corrected chi connectivity index (χ2v) is 5.57. The molecule has 6 heteroatoms. The van der Waals surface area contributed by atoms with E-state index in [4.69, 9.17) is 21.1 Å². The molecule has 2 aromatic carbocycles. The van der Waals surface area contributed by atoms with Crippen molar-refractivity contribution in [2.24, 2.45) is 0 Å². The average molecular weight is 334 g/mol. The molecule has 0 saturated carbocycles. The molecule has 3 rings (SSSR count). The van der Waals surface area contributed by atoms with E-state index in [9.17, 15) is 4.79 Å². The number of carbonyl (C=O) groups excluding carboxylic acids is 1. The van der Waals surface area contributed by atoms with Crippen LogP contribution in [0.3, 0.4) is 0 Å². The maximum Gasteiger partial charge on any atom is 0.312 e. The molecule has 120 valence electrons. The third kappa shape index (κ3) is 4.01. The molecule has 0 aliphatic carbocycles. The molecule has 2 aromatic rings. The van der Waals surface area contributed by atoms with Gasteiger partial charge in [0.15, 0.2) is 0 Å². The summed E-state index contributed by atoms with van der Waals surface area (Å²) in [5.74, 6) is 1.43. The highest BCUT2D eigenvalue weighted by Crippen LogP contribution is 2.31. The first-order chi connectivity index (χ1) is 11.3.